The number of aryl methyl sites for hydroxylation is 1. The average Bonchev–Trinajstić information content (AvgIpc) is 2.75. The van der Waals surface area contributed by atoms with Crippen LogP contribution in [0.1, 0.15) is 35.2 Å². The highest BCUT2D eigenvalue weighted by Gasteiger charge is 2.14. The number of hydrogen-bond acceptors (Lipinski definition) is 6. The molecule has 0 radical (unpaired) electrons. The number of benzene rings is 2. The molecule has 30 heavy (non-hydrogen) atoms. The van der Waals surface area contributed by atoms with Gasteiger partial charge in [-0.15, -0.1) is 0 Å². The summed E-state index contributed by atoms with van der Waals surface area (Å²) >= 11 is 5.10. The van der Waals surface area contributed by atoms with Crippen LogP contribution in [0.4, 0.5) is 5.69 Å². The standard InChI is InChI=1S/C22H24N2O5S/c1-28-21(27)17-11-5-6-12-18(17)23-22(30)24-19(25)13-14-20(26)29-15-7-10-16-8-3-2-4-9-16/h2-6,8-9,11-12H,7,10,13-15H2,1H3,(H2,23,24,25,30). The predicted octanol–water partition coefficient (Wildman–Crippen LogP) is 3.24. The fourth-order valence-electron chi connectivity index (χ4n) is 2.62. The first-order valence-electron chi connectivity index (χ1n) is 9.47. The lowest BCUT2D eigenvalue weighted by atomic mass is 10.1. The predicted molar refractivity (Wildman–Crippen MR) is 117 cm³/mol. The molecule has 0 spiro atoms. The van der Waals surface area contributed by atoms with Crippen LogP contribution < -0.4 is 10.6 Å². The van der Waals surface area contributed by atoms with Crippen molar-refractivity contribution >= 4 is 40.9 Å². The van der Waals surface area contributed by atoms with Gasteiger partial charge >= 0.3 is 11.9 Å². The minimum atomic E-state index is -0.526. The topological polar surface area (TPSA) is 93.7 Å². The van der Waals surface area contributed by atoms with E-state index in [9.17, 15) is 14.4 Å². The third-order valence-corrected chi connectivity index (χ3v) is 4.31. The van der Waals surface area contributed by atoms with Crippen LogP contribution in [0, 0.1) is 0 Å². The monoisotopic (exact) mass is 428 g/mol. The fourth-order valence-corrected chi connectivity index (χ4v) is 2.84. The summed E-state index contributed by atoms with van der Waals surface area (Å²) in [6.07, 6.45) is 1.44. The average molecular weight is 429 g/mol. The molecule has 1 amide bonds. The highest BCUT2D eigenvalue weighted by atomic mass is 32.1. The summed E-state index contributed by atoms with van der Waals surface area (Å²) in [7, 11) is 1.28. The Labute approximate surface area is 180 Å². The van der Waals surface area contributed by atoms with Gasteiger partial charge in [0.05, 0.1) is 31.4 Å². The molecule has 2 aromatic rings. The Morgan fingerprint density at radius 1 is 0.967 bits per heavy atom. The number of para-hydroxylation sites is 1. The molecule has 0 aliphatic heterocycles. The van der Waals surface area contributed by atoms with Gasteiger partial charge in [0.2, 0.25) is 5.91 Å². The Bertz CT molecular complexity index is 886. The second kappa shape index (κ2) is 12.3. The molecular weight excluding hydrogens is 404 g/mol. The third-order valence-electron chi connectivity index (χ3n) is 4.11. The molecule has 0 saturated heterocycles. The van der Waals surface area contributed by atoms with E-state index in [2.05, 4.69) is 10.6 Å². The minimum absolute atomic E-state index is 0.0209. The zero-order valence-corrected chi connectivity index (χ0v) is 17.5. The number of methoxy groups -OCH3 is 1. The van der Waals surface area contributed by atoms with Crippen molar-refractivity contribution in [3.05, 3.63) is 65.7 Å². The number of ether oxygens (including phenoxy) is 2. The fraction of sp³-hybridized carbons (Fsp3) is 0.273. The van der Waals surface area contributed by atoms with Crippen molar-refractivity contribution in [3.63, 3.8) is 0 Å². The molecule has 0 heterocycles. The maximum atomic E-state index is 12.0. The number of carbonyl (C=O) groups excluding carboxylic acids is 3. The second-order valence-electron chi connectivity index (χ2n) is 6.35. The van der Waals surface area contributed by atoms with E-state index in [1.807, 2.05) is 30.3 Å². The Kier molecular flexibility index (Phi) is 9.47. The summed E-state index contributed by atoms with van der Waals surface area (Å²) in [5, 5.41) is 5.28. The highest BCUT2D eigenvalue weighted by Crippen LogP contribution is 2.15. The van der Waals surface area contributed by atoms with Gasteiger partial charge in [-0.05, 0) is 42.8 Å². The number of nitrogens with one attached hydrogen (secondary N) is 2. The number of carbonyl (C=O) groups is 3. The smallest absolute Gasteiger partial charge is 0.339 e. The molecule has 0 saturated carbocycles. The Morgan fingerprint density at radius 2 is 1.67 bits per heavy atom. The van der Waals surface area contributed by atoms with E-state index in [0.29, 0.717) is 12.3 Å². The molecule has 8 heteroatoms. The largest absolute Gasteiger partial charge is 0.466 e. The summed E-state index contributed by atoms with van der Waals surface area (Å²) < 4.78 is 9.86. The normalized spacial score (nSPS) is 10.0. The number of rotatable bonds is 9. The number of thiocarbonyl (C=S) groups is 1. The number of esters is 2. The van der Waals surface area contributed by atoms with Gasteiger partial charge in [-0.3, -0.25) is 9.59 Å². The SMILES string of the molecule is COC(=O)c1ccccc1NC(=S)NC(=O)CCC(=O)OCCCc1ccccc1. The van der Waals surface area contributed by atoms with Crippen LogP contribution in [0.15, 0.2) is 54.6 Å². The van der Waals surface area contributed by atoms with Gasteiger partial charge in [-0.1, -0.05) is 42.5 Å². The first kappa shape index (κ1) is 23.0. The Morgan fingerprint density at radius 3 is 2.40 bits per heavy atom. The lowest BCUT2D eigenvalue weighted by molar-refractivity contribution is -0.145. The molecule has 2 aromatic carbocycles. The molecule has 2 N–H and O–H groups in total. The minimum Gasteiger partial charge on any atom is -0.466 e. The number of hydrogen-bond donors (Lipinski definition) is 2. The van der Waals surface area contributed by atoms with Crippen LogP contribution in [0.5, 0.6) is 0 Å². The summed E-state index contributed by atoms with van der Waals surface area (Å²) in [5.41, 5.74) is 1.88. The number of amides is 1. The van der Waals surface area contributed by atoms with Crippen molar-refractivity contribution in [3.8, 4) is 0 Å². The van der Waals surface area contributed by atoms with Crippen molar-refractivity contribution in [2.24, 2.45) is 0 Å². The van der Waals surface area contributed by atoms with E-state index in [0.717, 1.165) is 12.8 Å². The van der Waals surface area contributed by atoms with Gasteiger partial charge in [0.15, 0.2) is 5.11 Å². The molecule has 0 aliphatic carbocycles. The molecule has 0 atom stereocenters. The van der Waals surface area contributed by atoms with Crippen LogP contribution in [0.3, 0.4) is 0 Å². The van der Waals surface area contributed by atoms with Crippen molar-refractivity contribution in [2.45, 2.75) is 25.7 Å². The van der Waals surface area contributed by atoms with Gasteiger partial charge in [-0.2, -0.15) is 0 Å². The summed E-state index contributed by atoms with van der Waals surface area (Å²) in [6, 6.07) is 16.5. The Hall–Kier alpha value is -3.26. The van der Waals surface area contributed by atoms with Crippen LogP contribution in [0.25, 0.3) is 0 Å². The molecule has 2 rings (SSSR count). The molecule has 0 fully saturated rings. The summed E-state index contributed by atoms with van der Waals surface area (Å²) in [4.78, 5) is 35.5. The maximum absolute atomic E-state index is 12.0. The summed E-state index contributed by atoms with van der Waals surface area (Å²) in [6.45, 7) is 0.305. The van der Waals surface area contributed by atoms with Crippen molar-refractivity contribution < 1.29 is 23.9 Å². The molecule has 0 unspecified atom stereocenters. The van der Waals surface area contributed by atoms with Crippen molar-refractivity contribution in [2.75, 3.05) is 19.0 Å². The van der Waals surface area contributed by atoms with E-state index in [4.69, 9.17) is 21.7 Å². The maximum Gasteiger partial charge on any atom is 0.339 e. The zero-order chi connectivity index (χ0) is 21.8. The lowest BCUT2D eigenvalue weighted by Crippen LogP contribution is -2.34. The van der Waals surface area contributed by atoms with Gasteiger partial charge in [0.1, 0.15) is 0 Å². The lowest BCUT2D eigenvalue weighted by Gasteiger charge is -2.12. The molecule has 7 nitrogen and oxygen atoms in total. The van der Waals surface area contributed by atoms with Crippen LogP contribution in [0.2, 0.25) is 0 Å². The quantitative estimate of drug-likeness (QED) is 0.360. The van der Waals surface area contributed by atoms with Gasteiger partial charge < -0.3 is 20.1 Å². The van der Waals surface area contributed by atoms with Crippen LogP contribution in [-0.2, 0) is 25.5 Å². The second-order valence-corrected chi connectivity index (χ2v) is 6.76. The number of anilines is 1. The van der Waals surface area contributed by atoms with Gasteiger partial charge in [0, 0.05) is 6.42 Å². The highest BCUT2D eigenvalue weighted by molar-refractivity contribution is 7.80. The zero-order valence-electron chi connectivity index (χ0n) is 16.7. The van der Waals surface area contributed by atoms with E-state index in [1.54, 1.807) is 24.3 Å². The first-order valence-corrected chi connectivity index (χ1v) is 9.88. The molecule has 0 aliphatic rings. The van der Waals surface area contributed by atoms with Crippen molar-refractivity contribution in [1.82, 2.24) is 5.32 Å². The molecular formula is C22H24N2O5S. The van der Waals surface area contributed by atoms with E-state index >= 15 is 0 Å². The van der Waals surface area contributed by atoms with Crippen molar-refractivity contribution in [1.29, 1.82) is 0 Å². The molecule has 158 valence electrons. The van der Waals surface area contributed by atoms with E-state index in [-0.39, 0.29) is 23.5 Å². The van der Waals surface area contributed by atoms with E-state index in [1.165, 1.54) is 12.7 Å². The van der Waals surface area contributed by atoms with E-state index < -0.39 is 17.8 Å². The summed E-state index contributed by atoms with van der Waals surface area (Å²) in [5.74, 6) is -1.39. The first-order chi connectivity index (χ1) is 14.5. The molecule has 0 aromatic heterocycles. The third kappa shape index (κ3) is 8.00. The van der Waals surface area contributed by atoms with Crippen LogP contribution >= 0.6 is 12.2 Å². The Balaban J connectivity index is 1.67. The molecule has 0 bridgehead atoms. The van der Waals surface area contributed by atoms with Gasteiger partial charge in [0.25, 0.3) is 0 Å². The van der Waals surface area contributed by atoms with Gasteiger partial charge in [-0.25, -0.2) is 4.79 Å². The van der Waals surface area contributed by atoms with Crippen LogP contribution in [-0.4, -0.2) is 36.7 Å².